The van der Waals surface area contributed by atoms with Gasteiger partial charge in [0.1, 0.15) is 12.4 Å². The minimum absolute atomic E-state index is 0.141. The van der Waals surface area contributed by atoms with Crippen molar-refractivity contribution in [2.24, 2.45) is 0 Å². The molecule has 7 heteroatoms. The van der Waals surface area contributed by atoms with Crippen molar-refractivity contribution in [3.05, 3.63) is 88.9 Å². The van der Waals surface area contributed by atoms with Gasteiger partial charge in [-0.15, -0.1) is 0 Å². The highest BCUT2D eigenvalue weighted by Crippen LogP contribution is 2.27. The fourth-order valence-electron chi connectivity index (χ4n) is 2.79. The first-order chi connectivity index (χ1) is 14.3. The fraction of sp³-hybridized carbons (Fsp3) is 0.174. The number of carbonyl (C=O) groups excluding carboxylic acids is 1. The third kappa shape index (κ3) is 6.08. The number of aryl methyl sites for hydroxylation is 1. The number of hydrogen-bond acceptors (Lipinski definition) is 4. The molecule has 0 atom stereocenters. The molecule has 1 amide bonds. The highest BCUT2D eigenvalue weighted by Gasteiger charge is 2.17. The highest BCUT2D eigenvalue weighted by molar-refractivity contribution is 7.91. The number of rotatable bonds is 8. The maximum Gasteiger partial charge on any atom is 0.225 e. The van der Waals surface area contributed by atoms with Crippen molar-refractivity contribution >= 4 is 33.0 Å². The summed E-state index contributed by atoms with van der Waals surface area (Å²) in [5.41, 5.74) is 2.50. The number of ether oxygens (including phenoxy) is 1. The van der Waals surface area contributed by atoms with E-state index in [4.69, 9.17) is 16.3 Å². The van der Waals surface area contributed by atoms with Gasteiger partial charge in [0.15, 0.2) is 9.84 Å². The van der Waals surface area contributed by atoms with E-state index in [1.54, 1.807) is 6.07 Å². The Bertz CT molecular complexity index is 1110. The Hall–Kier alpha value is -2.83. The minimum atomic E-state index is -3.58. The van der Waals surface area contributed by atoms with E-state index in [-0.39, 0.29) is 17.1 Å². The Morgan fingerprint density at radius 1 is 1.00 bits per heavy atom. The average molecular weight is 444 g/mol. The molecule has 0 aliphatic carbocycles. The van der Waals surface area contributed by atoms with Crippen LogP contribution in [0.1, 0.15) is 17.5 Å². The van der Waals surface area contributed by atoms with Crippen molar-refractivity contribution in [1.29, 1.82) is 0 Å². The largest absolute Gasteiger partial charge is 0.487 e. The van der Waals surface area contributed by atoms with Gasteiger partial charge in [-0.25, -0.2) is 8.42 Å². The topological polar surface area (TPSA) is 72.5 Å². The smallest absolute Gasteiger partial charge is 0.225 e. The summed E-state index contributed by atoms with van der Waals surface area (Å²) in [6.45, 7) is 2.29. The number of hydrogen-bond donors (Lipinski definition) is 1. The molecule has 3 rings (SSSR count). The number of nitrogens with one attached hydrogen (secondary N) is 1. The molecule has 5 nitrogen and oxygen atoms in total. The van der Waals surface area contributed by atoms with Crippen LogP contribution in [0.15, 0.2) is 77.7 Å². The van der Waals surface area contributed by atoms with Gasteiger partial charge < -0.3 is 10.1 Å². The molecular weight excluding hydrogens is 422 g/mol. The van der Waals surface area contributed by atoms with Crippen LogP contribution in [0.4, 0.5) is 5.69 Å². The minimum Gasteiger partial charge on any atom is -0.487 e. The zero-order valence-corrected chi connectivity index (χ0v) is 18.0. The zero-order valence-electron chi connectivity index (χ0n) is 16.5. The molecule has 0 aliphatic rings. The fourth-order valence-corrected chi connectivity index (χ4v) is 4.15. The summed E-state index contributed by atoms with van der Waals surface area (Å²) in [6.07, 6.45) is -0.170. The lowest BCUT2D eigenvalue weighted by atomic mass is 10.2. The molecule has 1 N–H and O–H groups in total. The van der Waals surface area contributed by atoms with Crippen LogP contribution in [0.25, 0.3) is 0 Å². The van der Waals surface area contributed by atoms with E-state index in [0.717, 1.165) is 11.1 Å². The summed E-state index contributed by atoms with van der Waals surface area (Å²) in [6, 6.07) is 21.0. The first kappa shape index (κ1) is 21.9. The summed E-state index contributed by atoms with van der Waals surface area (Å²) in [4.78, 5) is 12.5. The monoisotopic (exact) mass is 443 g/mol. The summed E-state index contributed by atoms with van der Waals surface area (Å²) in [7, 11) is -3.58. The maximum atomic E-state index is 12.4. The number of amides is 1. The molecule has 0 saturated heterocycles. The van der Waals surface area contributed by atoms with E-state index >= 15 is 0 Å². The molecule has 3 aromatic carbocycles. The molecule has 0 spiro atoms. The van der Waals surface area contributed by atoms with Crippen molar-refractivity contribution in [2.75, 3.05) is 11.1 Å². The summed E-state index contributed by atoms with van der Waals surface area (Å²) in [5, 5.41) is 3.21. The molecular formula is C23H22ClNO4S. The van der Waals surface area contributed by atoms with Crippen LogP contribution >= 0.6 is 11.6 Å². The van der Waals surface area contributed by atoms with Crippen LogP contribution in [0.2, 0.25) is 5.02 Å². The Morgan fingerprint density at radius 3 is 2.40 bits per heavy atom. The third-order valence-electron chi connectivity index (χ3n) is 4.42. The number of anilines is 1. The van der Waals surface area contributed by atoms with Crippen molar-refractivity contribution in [1.82, 2.24) is 0 Å². The van der Waals surface area contributed by atoms with E-state index in [1.807, 2.05) is 49.4 Å². The lowest BCUT2D eigenvalue weighted by Crippen LogP contribution is -2.18. The van der Waals surface area contributed by atoms with Crippen LogP contribution in [0.5, 0.6) is 5.75 Å². The molecule has 0 heterocycles. The van der Waals surface area contributed by atoms with E-state index in [1.165, 1.54) is 24.3 Å². The van der Waals surface area contributed by atoms with Crippen LogP contribution in [0, 0.1) is 6.92 Å². The van der Waals surface area contributed by atoms with Gasteiger partial charge in [0.2, 0.25) is 5.91 Å². The van der Waals surface area contributed by atoms with E-state index in [9.17, 15) is 13.2 Å². The van der Waals surface area contributed by atoms with Gasteiger partial charge in [-0.05, 0) is 54.4 Å². The van der Waals surface area contributed by atoms with Crippen LogP contribution < -0.4 is 10.1 Å². The Labute approximate surface area is 181 Å². The van der Waals surface area contributed by atoms with Crippen molar-refractivity contribution in [3.8, 4) is 5.75 Å². The van der Waals surface area contributed by atoms with Crippen molar-refractivity contribution < 1.29 is 17.9 Å². The summed E-state index contributed by atoms with van der Waals surface area (Å²) < 4.78 is 30.7. The third-order valence-corrected chi connectivity index (χ3v) is 6.40. The number of benzene rings is 3. The predicted octanol–water partition coefficient (Wildman–Crippen LogP) is 5.03. The first-order valence-corrected chi connectivity index (χ1v) is 11.4. The predicted molar refractivity (Wildman–Crippen MR) is 119 cm³/mol. The molecule has 0 aromatic heterocycles. The SMILES string of the molecule is Cc1ccc(NC(=O)CCS(=O)(=O)c2ccc(Cl)cc2)c(OCc2ccccc2)c1. The van der Waals surface area contributed by atoms with Crippen molar-refractivity contribution in [3.63, 3.8) is 0 Å². The lowest BCUT2D eigenvalue weighted by molar-refractivity contribution is -0.115. The summed E-state index contributed by atoms with van der Waals surface area (Å²) >= 11 is 5.80. The molecule has 0 bridgehead atoms. The van der Waals surface area contributed by atoms with Gasteiger partial charge in [0, 0.05) is 11.4 Å². The molecule has 156 valence electrons. The number of sulfone groups is 1. The number of halogens is 1. The maximum absolute atomic E-state index is 12.4. The molecule has 0 unspecified atom stereocenters. The van der Waals surface area contributed by atoms with E-state index < -0.39 is 15.7 Å². The molecule has 0 aliphatic heterocycles. The van der Waals surface area contributed by atoms with Gasteiger partial charge in [-0.2, -0.15) is 0 Å². The second-order valence-corrected chi connectivity index (χ2v) is 9.39. The molecule has 3 aromatic rings. The van der Waals surface area contributed by atoms with Crippen molar-refractivity contribution in [2.45, 2.75) is 24.8 Å². The molecule has 30 heavy (non-hydrogen) atoms. The normalized spacial score (nSPS) is 11.1. The zero-order chi connectivity index (χ0) is 21.6. The summed E-state index contributed by atoms with van der Waals surface area (Å²) in [5.74, 6) is -0.166. The Balaban J connectivity index is 1.64. The van der Waals surface area contributed by atoms with Crippen LogP contribution in [-0.2, 0) is 21.2 Å². The van der Waals surface area contributed by atoms with E-state index in [0.29, 0.717) is 23.1 Å². The molecule has 0 radical (unpaired) electrons. The standard InChI is InChI=1S/C23H22ClNO4S/c1-17-7-12-21(22(15-17)29-16-18-5-3-2-4-6-18)25-23(26)13-14-30(27,28)20-10-8-19(24)9-11-20/h2-12,15H,13-14,16H2,1H3,(H,25,26). The Kier molecular flexibility index (Phi) is 7.13. The van der Waals surface area contributed by atoms with Gasteiger partial charge in [0.25, 0.3) is 0 Å². The highest BCUT2D eigenvalue weighted by atomic mass is 35.5. The van der Waals surface area contributed by atoms with Gasteiger partial charge in [-0.3, -0.25) is 4.79 Å². The molecule has 0 fully saturated rings. The Morgan fingerprint density at radius 2 is 1.70 bits per heavy atom. The quantitative estimate of drug-likeness (QED) is 0.530. The van der Waals surface area contributed by atoms with Gasteiger partial charge in [0.05, 0.1) is 16.3 Å². The van der Waals surface area contributed by atoms with E-state index in [2.05, 4.69) is 5.32 Å². The second kappa shape index (κ2) is 9.78. The second-order valence-electron chi connectivity index (χ2n) is 6.84. The van der Waals surface area contributed by atoms with Crippen LogP contribution in [-0.4, -0.2) is 20.1 Å². The van der Waals surface area contributed by atoms with Gasteiger partial charge in [-0.1, -0.05) is 48.0 Å². The lowest BCUT2D eigenvalue weighted by Gasteiger charge is -2.14. The first-order valence-electron chi connectivity index (χ1n) is 9.39. The average Bonchev–Trinajstić information content (AvgIpc) is 2.73. The molecule has 0 saturated carbocycles. The van der Waals surface area contributed by atoms with Crippen LogP contribution in [0.3, 0.4) is 0 Å². The van der Waals surface area contributed by atoms with Gasteiger partial charge >= 0.3 is 0 Å². The number of carbonyl (C=O) groups is 1.